The molecule has 1 heterocycles. The van der Waals surface area contributed by atoms with Gasteiger partial charge in [-0.25, -0.2) is 4.39 Å². The van der Waals surface area contributed by atoms with Crippen LogP contribution >= 0.6 is 11.6 Å². The summed E-state index contributed by atoms with van der Waals surface area (Å²) in [7, 11) is 0. The van der Waals surface area contributed by atoms with E-state index in [1.165, 1.54) is 6.07 Å². The maximum atomic E-state index is 13.0. The fourth-order valence-electron chi connectivity index (χ4n) is 1.41. The van der Waals surface area contributed by atoms with Crippen LogP contribution in [0.1, 0.15) is 5.56 Å². The molecule has 0 aliphatic heterocycles. The fourth-order valence-corrected chi connectivity index (χ4v) is 1.66. The molecule has 2 N–H and O–H groups in total. The molecule has 0 spiro atoms. The van der Waals surface area contributed by atoms with Gasteiger partial charge in [-0.3, -0.25) is 4.79 Å². The number of aromatic nitrogens is 1. The quantitative estimate of drug-likeness (QED) is 0.736. The summed E-state index contributed by atoms with van der Waals surface area (Å²) in [5.74, 6) is -1.23. The zero-order valence-corrected chi connectivity index (χ0v) is 8.47. The monoisotopic (exact) mass is 238 g/mol. The first-order valence-corrected chi connectivity index (χ1v) is 4.56. The number of fused-ring (bicyclic) bond motifs is 1. The second-order valence-corrected chi connectivity index (χ2v) is 3.51. The van der Waals surface area contributed by atoms with E-state index < -0.39 is 22.7 Å². The number of pyridine rings is 1. The molecule has 0 radical (unpaired) electrons. The topological polar surface area (TPSA) is 76.9 Å². The molecule has 1 aromatic heterocycles. The van der Waals surface area contributed by atoms with Crippen LogP contribution < -0.4 is 5.56 Å². The van der Waals surface area contributed by atoms with Crippen molar-refractivity contribution in [2.75, 3.05) is 0 Å². The third-order valence-electron chi connectivity index (χ3n) is 2.12. The van der Waals surface area contributed by atoms with Crippen molar-refractivity contribution in [2.45, 2.75) is 0 Å². The molecule has 0 saturated heterocycles. The van der Waals surface area contributed by atoms with Crippen LogP contribution in [0.25, 0.3) is 10.9 Å². The number of aromatic hydroxyl groups is 1. The van der Waals surface area contributed by atoms with E-state index in [0.717, 1.165) is 12.1 Å². The van der Waals surface area contributed by atoms with E-state index in [4.69, 9.17) is 16.9 Å². The Kier molecular flexibility index (Phi) is 2.29. The largest absolute Gasteiger partial charge is 0.506 e. The molecule has 6 heteroatoms. The van der Waals surface area contributed by atoms with Crippen molar-refractivity contribution in [1.29, 1.82) is 5.26 Å². The number of nitrogens with zero attached hydrogens (tertiary/aromatic N) is 1. The minimum absolute atomic E-state index is 0.00106. The van der Waals surface area contributed by atoms with Crippen LogP contribution in [0.2, 0.25) is 5.02 Å². The molecule has 0 unspecified atom stereocenters. The molecule has 0 fully saturated rings. The molecular weight excluding hydrogens is 235 g/mol. The van der Waals surface area contributed by atoms with Gasteiger partial charge in [0.05, 0.1) is 10.5 Å². The van der Waals surface area contributed by atoms with Crippen LogP contribution in [-0.4, -0.2) is 10.1 Å². The third kappa shape index (κ3) is 1.40. The Morgan fingerprint density at radius 3 is 2.81 bits per heavy atom. The summed E-state index contributed by atoms with van der Waals surface area (Å²) in [5.41, 5.74) is -1.13. The van der Waals surface area contributed by atoms with Gasteiger partial charge in [-0.1, -0.05) is 11.6 Å². The van der Waals surface area contributed by atoms with Gasteiger partial charge in [0.2, 0.25) is 0 Å². The first-order chi connectivity index (χ1) is 7.54. The minimum Gasteiger partial charge on any atom is -0.506 e. The summed E-state index contributed by atoms with van der Waals surface area (Å²) >= 11 is 5.70. The van der Waals surface area contributed by atoms with Gasteiger partial charge >= 0.3 is 0 Å². The van der Waals surface area contributed by atoms with E-state index in [1.807, 2.05) is 0 Å². The summed E-state index contributed by atoms with van der Waals surface area (Å²) in [6.07, 6.45) is 0. The van der Waals surface area contributed by atoms with Gasteiger partial charge in [0.1, 0.15) is 17.6 Å². The lowest BCUT2D eigenvalue weighted by atomic mass is 10.1. The van der Waals surface area contributed by atoms with Crippen LogP contribution in [-0.2, 0) is 0 Å². The predicted octanol–water partition coefficient (Wildman–Crippen LogP) is 1.90. The Hall–Kier alpha value is -2.06. The van der Waals surface area contributed by atoms with E-state index in [2.05, 4.69) is 4.98 Å². The number of benzene rings is 1. The van der Waals surface area contributed by atoms with Crippen molar-refractivity contribution in [3.05, 3.63) is 38.9 Å². The van der Waals surface area contributed by atoms with Gasteiger partial charge in [-0.2, -0.15) is 5.26 Å². The number of rotatable bonds is 0. The van der Waals surface area contributed by atoms with Gasteiger partial charge < -0.3 is 10.1 Å². The van der Waals surface area contributed by atoms with E-state index in [0.29, 0.717) is 0 Å². The van der Waals surface area contributed by atoms with Crippen LogP contribution in [0.15, 0.2) is 16.9 Å². The lowest BCUT2D eigenvalue weighted by Crippen LogP contribution is -2.10. The van der Waals surface area contributed by atoms with Crippen LogP contribution in [0, 0.1) is 17.1 Å². The SMILES string of the molecule is N#Cc1c(O)c2cc(F)cc(Cl)c2[nH]c1=O. The van der Waals surface area contributed by atoms with Crippen LogP contribution in [0.3, 0.4) is 0 Å². The van der Waals surface area contributed by atoms with Crippen LogP contribution in [0.5, 0.6) is 5.75 Å². The summed E-state index contributed by atoms with van der Waals surface area (Å²) < 4.78 is 13.0. The Morgan fingerprint density at radius 2 is 2.19 bits per heavy atom. The molecule has 0 bridgehead atoms. The Balaban J connectivity index is 3.06. The highest BCUT2D eigenvalue weighted by Crippen LogP contribution is 2.29. The Labute approximate surface area is 93.5 Å². The molecule has 16 heavy (non-hydrogen) atoms. The molecule has 0 amide bonds. The van der Waals surface area contributed by atoms with Crippen molar-refractivity contribution in [3.63, 3.8) is 0 Å². The van der Waals surface area contributed by atoms with Gasteiger partial charge in [-0.15, -0.1) is 0 Å². The van der Waals surface area contributed by atoms with Gasteiger partial charge in [0.25, 0.3) is 5.56 Å². The number of hydrogen-bond donors (Lipinski definition) is 2. The molecule has 0 aliphatic carbocycles. The second-order valence-electron chi connectivity index (χ2n) is 3.10. The summed E-state index contributed by atoms with van der Waals surface area (Å²) in [5, 5.41) is 18.2. The van der Waals surface area contributed by atoms with Gasteiger partial charge in [0.15, 0.2) is 5.56 Å². The third-order valence-corrected chi connectivity index (χ3v) is 2.42. The highest BCUT2D eigenvalue weighted by atomic mass is 35.5. The first kappa shape index (κ1) is 10.5. The fraction of sp³-hybridized carbons (Fsp3) is 0. The van der Waals surface area contributed by atoms with Crippen LogP contribution in [0.4, 0.5) is 4.39 Å². The Morgan fingerprint density at radius 1 is 1.50 bits per heavy atom. The molecule has 80 valence electrons. The van der Waals surface area contributed by atoms with E-state index in [1.54, 1.807) is 0 Å². The molecular formula is C10H4ClFN2O2. The van der Waals surface area contributed by atoms with Gasteiger partial charge in [-0.05, 0) is 12.1 Å². The summed E-state index contributed by atoms with van der Waals surface area (Å²) in [6.45, 7) is 0. The maximum Gasteiger partial charge on any atom is 0.270 e. The second kappa shape index (κ2) is 3.51. The number of hydrogen-bond acceptors (Lipinski definition) is 3. The van der Waals surface area contributed by atoms with E-state index in [-0.39, 0.29) is 15.9 Å². The van der Waals surface area contributed by atoms with Crippen molar-refractivity contribution < 1.29 is 9.50 Å². The van der Waals surface area contributed by atoms with Crippen molar-refractivity contribution >= 4 is 22.5 Å². The average molecular weight is 239 g/mol. The standard InChI is InChI=1S/C10H4ClFN2O2/c11-7-2-4(12)1-5-8(7)14-10(16)6(3-13)9(5)15/h1-2H,(H2,14,15,16). The molecule has 0 aliphatic rings. The highest BCUT2D eigenvalue weighted by molar-refractivity contribution is 6.35. The number of aromatic amines is 1. The zero-order valence-electron chi connectivity index (χ0n) is 7.71. The number of nitrogens with one attached hydrogen (secondary N) is 1. The first-order valence-electron chi connectivity index (χ1n) is 4.18. The molecule has 2 rings (SSSR count). The van der Waals surface area contributed by atoms with Crippen molar-refractivity contribution in [3.8, 4) is 11.8 Å². The lowest BCUT2D eigenvalue weighted by Gasteiger charge is -2.04. The number of nitriles is 1. The summed E-state index contributed by atoms with van der Waals surface area (Å²) in [6, 6.07) is 3.53. The molecule has 2 aromatic rings. The zero-order chi connectivity index (χ0) is 11.9. The smallest absolute Gasteiger partial charge is 0.270 e. The van der Waals surface area contributed by atoms with E-state index in [9.17, 15) is 14.3 Å². The van der Waals surface area contributed by atoms with Gasteiger partial charge in [0, 0.05) is 5.39 Å². The number of halogens is 2. The maximum absolute atomic E-state index is 13.0. The van der Waals surface area contributed by atoms with Crippen molar-refractivity contribution in [2.24, 2.45) is 0 Å². The van der Waals surface area contributed by atoms with Crippen molar-refractivity contribution in [1.82, 2.24) is 4.98 Å². The number of H-pyrrole nitrogens is 1. The molecule has 1 aromatic carbocycles. The average Bonchev–Trinajstić information content (AvgIpc) is 2.21. The molecule has 4 nitrogen and oxygen atoms in total. The highest BCUT2D eigenvalue weighted by Gasteiger charge is 2.14. The summed E-state index contributed by atoms with van der Waals surface area (Å²) in [4.78, 5) is 13.6. The normalized spacial score (nSPS) is 10.3. The Bertz CT molecular complexity index is 688. The molecule has 0 atom stereocenters. The predicted molar refractivity (Wildman–Crippen MR) is 55.9 cm³/mol. The minimum atomic E-state index is -0.763. The lowest BCUT2D eigenvalue weighted by molar-refractivity contribution is 0.478. The van der Waals surface area contributed by atoms with E-state index >= 15 is 0 Å². The molecule has 0 saturated carbocycles.